The first kappa shape index (κ1) is 13.9. The van der Waals surface area contributed by atoms with E-state index in [4.69, 9.17) is 17.3 Å². The van der Waals surface area contributed by atoms with Crippen LogP contribution in [0.25, 0.3) is 0 Å². The van der Waals surface area contributed by atoms with Crippen molar-refractivity contribution in [3.05, 3.63) is 59.1 Å². The van der Waals surface area contributed by atoms with Crippen molar-refractivity contribution in [1.29, 1.82) is 0 Å². The molecule has 0 radical (unpaired) electrons. The number of anilines is 2. The summed E-state index contributed by atoms with van der Waals surface area (Å²) in [6, 6.07) is 15.3. The van der Waals surface area contributed by atoms with E-state index in [0.717, 1.165) is 16.9 Å². The highest BCUT2D eigenvalue weighted by Crippen LogP contribution is 2.35. The Morgan fingerprint density at radius 3 is 2.81 bits per heavy atom. The standard InChI is InChI=1S/C16H16ClN3O/c17-12-5-3-4-11(8-12)15(9-18)20-10-16(21)19-13-6-1-2-7-14(13)20/h1-8,15H,9-10,18H2,(H,19,21). The van der Waals surface area contributed by atoms with Crippen LogP contribution in [0, 0.1) is 0 Å². The molecule has 108 valence electrons. The van der Waals surface area contributed by atoms with Gasteiger partial charge in [0.15, 0.2) is 0 Å². The highest BCUT2D eigenvalue weighted by Gasteiger charge is 2.28. The molecule has 3 N–H and O–H groups in total. The highest BCUT2D eigenvalue weighted by atomic mass is 35.5. The van der Waals surface area contributed by atoms with Crippen molar-refractivity contribution in [2.24, 2.45) is 5.73 Å². The molecule has 4 nitrogen and oxygen atoms in total. The second-order valence-corrected chi connectivity index (χ2v) is 5.44. The first-order chi connectivity index (χ1) is 10.2. The molecule has 5 heteroatoms. The maximum Gasteiger partial charge on any atom is 0.243 e. The predicted octanol–water partition coefficient (Wildman–Crippen LogP) is 2.80. The molecule has 21 heavy (non-hydrogen) atoms. The molecular formula is C16H16ClN3O. The number of hydrogen-bond acceptors (Lipinski definition) is 3. The summed E-state index contributed by atoms with van der Waals surface area (Å²) in [6.07, 6.45) is 0. The number of carbonyl (C=O) groups is 1. The molecule has 0 saturated carbocycles. The Bertz CT molecular complexity index is 674. The number of benzene rings is 2. The molecule has 1 unspecified atom stereocenters. The lowest BCUT2D eigenvalue weighted by Crippen LogP contribution is -2.43. The maximum absolute atomic E-state index is 11.9. The smallest absolute Gasteiger partial charge is 0.243 e. The fraction of sp³-hybridized carbons (Fsp3) is 0.188. The molecule has 1 aliphatic rings. The number of halogens is 1. The first-order valence-corrected chi connectivity index (χ1v) is 7.18. The quantitative estimate of drug-likeness (QED) is 0.916. The van der Waals surface area contributed by atoms with Crippen LogP contribution in [0.1, 0.15) is 11.6 Å². The van der Waals surface area contributed by atoms with Crippen molar-refractivity contribution in [3.63, 3.8) is 0 Å². The Morgan fingerprint density at radius 2 is 2.05 bits per heavy atom. The van der Waals surface area contributed by atoms with Gasteiger partial charge in [-0.25, -0.2) is 0 Å². The van der Waals surface area contributed by atoms with Crippen LogP contribution in [0.15, 0.2) is 48.5 Å². The fourth-order valence-corrected chi connectivity index (χ4v) is 2.89. The van der Waals surface area contributed by atoms with Crippen LogP contribution >= 0.6 is 11.6 Å². The van der Waals surface area contributed by atoms with E-state index in [0.29, 0.717) is 11.6 Å². The van der Waals surface area contributed by atoms with Gasteiger partial charge in [0.1, 0.15) is 0 Å². The van der Waals surface area contributed by atoms with Gasteiger partial charge in [-0.05, 0) is 29.8 Å². The SMILES string of the molecule is NCC(c1cccc(Cl)c1)N1CC(=O)Nc2ccccc21. The van der Waals surface area contributed by atoms with Crippen LogP contribution in [0.2, 0.25) is 5.02 Å². The summed E-state index contributed by atoms with van der Waals surface area (Å²) in [4.78, 5) is 14.0. The molecular weight excluding hydrogens is 286 g/mol. The van der Waals surface area contributed by atoms with Gasteiger partial charge in [0.25, 0.3) is 0 Å². The van der Waals surface area contributed by atoms with Crippen LogP contribution in [0.3, 0.4) is 0 Å². The Labute approximate surface area is 128 Å². The summed E-state index contributed by atoms with van der Waals surface area (Å²) in [5.74, 6) is -0.0332. The lowest BCUT2D eigenvalue weighted by atomic mass is 10.0. The Kier molecular flexibility index (Phi) is 3.82. The van der Waals surface area contributed by atoms with Crippen LogP contribution in [-0.4, -0.2) is 19.0 Å². The summed E-state index contributed by atoms with van der Waals surface area (Å²) in [5.41, 5.74) is 8.77. The third-order valence-corrected chi connectivity index (χ3v) is 3.87. The zero-order valence-corrected chi connectivity index (χ0v) is 12.2. The number of nitrogens with zero attached hydrogens (tertiary/aromatic N) is 1. The summed E-state index contributed by atoms with van der Waals surface area (Å²) >= 11 is 6.08. The second-order valence-electron chi connectivity index (χ2n) is 5.00. The largest absolute Gasteiger partial charge is 0.352 e. The summed E-state index contributed by atoms with van der Waals surface area (Å²) in [7, 11) is 0. The molecule has 0 aliphatic carbocycles. The van der Waals surface area contributed by atoms with Gasteiger partial charge in [-0.15, -0.1) is 0 Å². The van der Waals surface area contributed by atoms with Crippen molar-refractivity contribution in [3.8, 4) is 0 Å². The number of hydrogen-bond donors (Lipinski definition) is 2. The van der Waals surface area contributed by atoms with E-state index < -0.39 is 0 Å². The van der Waals surface area contributed by atoms with E-state index in [2.05, 4.69) is 5.32 Å². The summed E-state index contributed by atoms with van der Waals surface area (Å²) in [5, 5.41) is 3.55. The molecule has 0 fully saturated rings. The van der Waals surface area contributed by atoms with E-state index in [-0.39, 0.29) is 18.5 Å². The van der Waals surface area contributed by atoms with Gasteiger partial charge in [0.05, 0.1) is 24.0 Å². The zero-order chi connectivity index (χ0) is 14.8. The monoisotopic (exact) mass is 301 g/mol. The van der Waals surface area contributed by atoms with Crippen LogP contribution < -0.4 is 16.0 Å². The normalized spacial score (nSPS) is 15.3. The number of rotatable bonds is 3. The third kappa shape index (κ3) is 2.73. The molecule has 0 aromatic heterocycles. The summed E-state index contributed by atoms with van der Waals surface area (Å²) in [6.45, 7) is 0.688. The molecule has 0 saturated heterocycles. The molecule has 1 atom stereocenters. The minimum absolute atomic E-state index is 0.0332. The Balaban J connectivity index is 2.03. The Morgan fingerprint density at radius 1 is 1.24 bits per heavy atom. The van der Waals surface area contributed by atoms with Gasteiger partial charge < -0.3 is 16.0 Å². The van der Waals surface area contributed by atoms with Gasteiger partial charge in [0.2, 0.25) is 5.91 Å². The van der Waals surface area contributed by atoms with E-state index in [1.807, 2.05) is 53.4 Å². The number of nitrogens with one attached hydrogen (secondary N) is 1. The molecule has 2 aromatic carbocycles. The zero-order valence-electron chi connectivity index (χ0n) is 11.4. The maximum atomic E-state index is 11.9. The predicted molar refractivity (Wildman–Crippen MR) is 85.7 cm³/mol. The van der Waals surface area contributed by atoms with Crippen molar-refractivity contribution in [2.45, 2.75) is 6.04 Å². The van der Waals surface area contributed by atoms with Gasteiger partial charge in [0, 0.05) is 11.6 Å². The molecule has 1 amide bonds. The Hall–Kier alpha value is -2.04. The molecule has 2 aromatic rings. The van der Waals surface area contributed by atoms with Gasteiger partial charge >= 0.3 is 0 Å². The topological polar surface area (TPSA) is 58.4 Å². The minimum Gasteiger partial charge on any atom is -0.352 e. The lowest BCUT2D eigenvalue weighted by Gasteiger charge is -2.37. The second kappa shape index (κ2) is 5.76. The van der Waals surface area contributed by atoms with Gasteiger partial charge in [-0.2, -0.15) is 0 Å². The number of para-hydroxylation sites is 2. The number of amides is 1. The number of nitrogens with two attached hydrogens (primary N) is 1. The average molecular weight is 302 g/mol. The molecule has 3 rings (SSSR count). The number of fused-ring (bicyclic) bond motifs is 1. The average Bonchev–Trinajstić information content (AvgIpc) is 2.48. The van der Waals surface area contributed by atoms with E-state index in [9.17, 15) is 4.79 Å². The molecule has 0 spiro atoms. The van der Waals surface area contributed by atoms with E-state index >= 15 is 0 Å². The van der Waals surface area contributed by atoms with Crippen LogP contribution in [-0.2, 0) is 4.79 Å². The van der Waals surface area contributed by atoms with E-state index in [1.54, 1.807) is 0 Å². The van der Waals surface area contributed by atoms with E-state index in [1.165, 1.54) is 0 Å². The molecule has 1 heterocycles. The van der Waals surface area contributed by atoms with Crippen LogP contribution in [0.5, 0.6) is 0 Å². The lowest BCUT2D eigenvalue weighted by molar-refractivity contribution is -0.115. The first-order valence-electron chi connectivity index (χ1n) is 6.80. The highest BCUT2D eigenvalue weighted by molar-refractivity contribution is 6.30. The van der Waals surface area contributed by atoms with Crippen molar-refractivity contribution >= 4 is 28.9 Å². The number of carbonyl (C=O) groups excluding carboxylic acids is 1. The van der Waals surface area contributed by atoms with Crippen LogP contribution in [0.4, 0.5) is 11.4 Å². The molecule has 1 aliphatic heterocycles. The van der Waals surface area contributed by atoms with Crippen molar-refractivity contribution in [2.75, 3.05) is 23.3 Å². The summed E-state index contributed by atoms with van der Waals surface area (Å²) < 4.78 is 0. The van der Waals surface area contributed by atoms with Crippen molar-refractivity contribution in [1.82, 2.24) is 0 Å². The van der Waals surface area contributed by atoms with Gasteiger partial charge in [-0.3, -0.25) is 4.79 Å². The third-order valence-electron chi connectivity index (χ3n) is 3.63. The van der Waals surface area contributed by atoms with Gasteiger partial charge in [-0.1, -0.05) is 35.9 Å². The molecule has 0 bridgehead atoms. The van der Waals surface area contributed by atoms with Crippen molar-refractivity contribution < 1.29 is 4.79 Å². The fourth-order valence-electron chi connectivity index (χ4n) is 2.69. The minimum atomic E-state index is -0.0871.